The summed E-state index contributed by atoms with van der Waals surface area (Å²) >= 11 is 0. The predicted molar refractivity (Wildman–Crippen MR) is 107 cm³/mol. The van der Waals surface area contributed by atoms with Gasteiger partial charge in [-0.2, -0.15) is 0 Å². The SMILES string of the molecule is CCC(=O)N1CCC(c2ncc(C(=O)Nc3ccc(OC)cc3)c(C)n2)CC1. The summed E-state index contributed by atoms with van der Waals surface area (Å²) in [7, 11) is 1.60. The molecule has 3 rings (SSSR count). The Morgan fingerprint density at radius 2 is 1.89 bits per heavy atom. The molecular formula is C21H26N4O3. The summed E-state index contributed by atoms with van der Waals surface area (Å²) in [6, 6.07) is 7.15. The van der Waals surface area contributed by atoms with Crippen LogP contribution in [-0.4, -0.2) is 46.9 Å². The fourth-order valence-corrected chi connectivity index (χ4v) is 3.39. The summed E-state index contributed by atoms with van der Waals surface area (Å²) in [5, 5.41) is 2.86. The predicted octanol–water partition coefficient (Wildman–Crippen LogP) is 3.16. The molecule has 0 spiro atoms. The Morgan fingerprint density at radius 3 is 2.46 bits per heavy atom. The van der Waals surface area contributed by atoms with Crippen LogP contribution in [-0.2, 0) is 4.79 Å². The maximum atomic E-state index is 12.6. The van der Waals surface area contributed by atoms with Crippen LogP contribution in [0.1, 0.15) is 54.0 Å². The van der Waals surface area contributed by atoms with Crippen LogP contribution >= 0.6 is 0 Å². The van der Waals surface area contributed by atoms with Crippen molar-refractivity contribution in [2.45, 2.75) is 39.0 Å². The van der Waals surface area contributed by atoms with E-state index in [4.69, 9.17) is 4.74 Å². The van der Waals surface area contributed by atoms with Crippen molar-refractivity contribution in [1.82, 2.24) is 14.9 Å². The number of carbonyl (C=O) groups excluding carboxylic acids is 2. The standard InChI is InChI=1S/C21H26N4O3/c1-4-19(26)25-11-9-15(10-12-25)20-22-13-18(14(2)23-20)21(27)24-16-5-7-17(28-3)8-6-16/h5-8,13,15H,4,9-12H2,1-3H3,(H,24,27). The molecule has 148 valence electrons. The molecule has 2 heterocycles. The quantitative estimate of drug-likeness (QED) is 0.859. The second-order valence-electron chi connectivity index (χ2n) is 6.92. The van der Waals surface area contributed by atoms with Crippen molar-refractivity contribution in [3.8, 4) is 5.75 Å². The fourth-order valence-electron chi connectivity index (χ4n) is 3.39. The van der Waals surface area contributed by atoms with E-state index < -0.39 is 0 Å². The summed E-state index contributed by atoms with van der Waals surface area (Å²) in [4.78, 5) is 35.3. The molecule has 7 heteroatoms. The van der Waals surface area contributed by atoms with Gasteiger partial charge < -0.3 is 15.0 Å². The number of carbonyl (C=O) groups is 2. The highest BCUT2D eigenvalue weighted by Crippen LogP contribution is 2.26. The summed E-state index contributed by atoms with van der Waals surface area (Å²) < 4.78 is 5.12. The van der Waals surface area contributed by atoms with Gasteiger partial charge in [-0.1, -0.05) is 6.92 Å². The number of nitrogens with one attached hydrogen (secondary N) is 1. The van der Waals surface area contributed by atoms with Crippen LogP contribution < -0.4 is 10.1 Å². The van der Waals surface area contributed by atoms with E-state index in [1.54, 1.807) is 37.6 Å². The number of piperidine rings is 1. The van der Waals surface area contributed by atoms with Gasteiger partial charge in [0.05, 0.1) is 18.4 Å². The molecule has 1 aliphatic rings. The molecule has 2 aromatic rings. The number of aromatic nitrogens is 2. The van der Waals surface area contributed by atoms with Gasteiger partial charge in [0.1, 0.15) is 11.6 Å². The van der Waals surface area contributed by atoms with E-state index in [1.807, 2.05) is 18.7 Å². The lowest BCUT2D eigenvalue weighted by Crippen LogP contribution is -2.37. The van der Waals surface area contributed by atoms with E-state index in [1.165, 1.54) is 0 Å². The number of amides is 2. The largest absolute Gasteiger partial charge is 0.497 e. The zero-order chi connectivity index (χ0) is 20.1. The number of nitrogens with zero attached hydrogens (tertiary/aromatic N) is 3. The Balaban J connectivity index is 1.65. The van der Waals surface area contributed by atoms with Crippen LogP contribution in [0.25, 0.3) is 0 Å². The first-order chi connectivity index (χ1) is 13.5. The minimum Gasteiger partial charge on any atom is -0.497 e. The number of likely N-dealkylation sites (tertiary alicyclic amines) is 1. The minimum absolute atomic E-state index is 0.195. The molecule has 1 fully saturated rings. The molecule has 1 aliphatic heterocycles. The average molecular weight is 382 g/mol. The molecule has 0 saturated carbocycles. The first kappa shape index (κ1) is 19.8. The first-order valence-electron chi connectivity index (χ1n) is 9.58. The lowest BCUT2D eigenvalue weighted by molar-refractivity contribution is -0.131. The molecule has 1 N–H and O–H groups in total. The van der Waals surface area contributed by atoms with Crippen molar-refractivity contribution in [2.24, 2.45) is 0 Å². The van der Waals surface area contributed by atoms with Crippen molar-refractivity contribution in [3.63, 3.8) is 0 Å². The third-order valence-corrected chi connectivity index (χ3v) is 5.11. The van der Waals surface area contributed by atoms with E-state index >= 15 is 0 Å². The van der Waals surface area contributed by atoms with Crippen molar-refractivity contribution >= 4 is 17.5 Å². The van der Waals surface area contributed by atoms with Gasteiger partial charge in [-0.15, -0.1) is 0 Å². The number of aryl methyl sites for hydroxylation is 1. The van der Waals surface area contributed by atoms with E-state index in [-0.39, 0.29) is 17.7 Å². The number of hydrogen-bond donors (Lipinski definition) is 1. The Labute approximate surface area is 165 Å². The third kappa shape index (κ3) is 4.47. The lowest BCUT2D eigenvalue weighted by Gasteiger charge is -2.31. The van der Waals surface area contributed by atoms with Crippen molar-refractivity contribution in [3.05, 3.63) is 47.5 Å². The van der Waals surface area contributed by atoms with Crippen LogP contribution in [0.5, 0.6) is 5.75 Å². The third-order valence-electron chi connectivity index (χ3n) is 5.11. The van der Waals surface area contributed by atoms with E-state index in [0.29, 0.717) is 23.4 Å². The monoisotopic (exact) mass is 382 g/mol. The van der Waals surface area contributed by atoms with E-state index in [9.17, 15) is 9.59 Å². The fraction of sp³-hybridized carbons (Fsp3) is 0.429. The highest BCUT2D eigenvalue weighted by atomic mass is 16.5. The first-order valence-corrected chi connectivity index (χ1v) is 9.58. The number of anilines is 1. The molecule has 28 heavy (non-hydrogen) atoms. The maximum Gasteiger partial charge on any atom is 0.259 e. The summed E-state index contributed by atoms with van der Waals surface area (Å²) in [5.74, 6) is 1.66. The number of rotatable bonds is 5. The summed E-state index contributed by atoms with van der Waals surface area (Å²) in [6.45, 7) is 5.18. The Morgan fingerprint density at radius 1 is 1.21 bits per heavy atom. The van der Waals surface area contributed by atoms with E-state index in [2.05, 4.69) is 15.3 Å². The molecule has 1 saturated heterocycles. The Kier molecular flexibility index (Phi) is 6.23. The van der Waals surface area contributed by atoms with Crippen LogP contribution in [0.4, 0.5) is 5.69 Å². The van der Waals surface area contributed by atoms with Gasteiger partial charge in [0.2, 0.25) is 5.91 Å². The van der Waals surface area contributed by atoms with Crippen molar-refractivity contribution in [1.29, 1.82) is 0 Å². The normalized spacial score (nSPS) is 14.6. The number of ether oxygens (including phenoxy) is 1. The molecule has 0 radical (unpaired) electrons. The molecule has 0 atom stereocenters. The molecule has 1 aromatic carbocycles. The maximum absolute atomic E-state index is 12.6. The summed E-state index contributed by atoms with van der Waals surface area (Å²) in [5.41, 5.74) is 1.79. The van der Waals surface area contributed by atoms with Gasteiger partial charge in [-0.25, -0.2) is 9.97 Å². The second kappa shape index (κ2) is 8.82. The molecule has 0 aliphatic carbocycles. The van der Waals surface area contributed by atoms with Gasteiger partial charge in [-0.05, 0) is 44.0 Å². The molecule has 7 nitrogen and oxygen atoms in total. The zero-order valence-electron chi connectivity index (χ0n) is 16.6. The molecular weight excluding hydrogens is 356 g/mol. The van der Waals surface area contributed by atoms with Gasteiger partial charge in [0.25, 0.3) is 5.91 Å². The molecule has 0 bridgehead atoms. The highest BCUT2D eigenvalue weighted by molar-refractivity contribution is 6.04. The van der Waals surface area contributed by atoms with Crippen LogP contribution in [0.15, 0.2) is 30.5 Å². The van der Waals surface area contributed by atoms with Crippen LogP contribution in [0.3, 0.4) is 0 Å². The molecule has 0 unspecified atom stereocenters. The van der Waals surface area contributed by atoms with Crippen molar-refractivity contribution in [2.75, 3.05) is 25.5 Å². The Bertz CT molecular complexity index is 843. The van der Waals surface area contributed by atoms with Gasteiger partial charge in [0.15, 0.2) is 0 Å². The van der Waals surface area contributed by atoms with Gasteiger partial charge in [-0.3, -0.25) is 9.59 Å². The van der Waals surface area contributed by atoms with E-state index in [0.717, 1.165) is 37.5 Å². The molecule has 2 amide bonds. The lowest BCUT2D eigenvalue weighted by atomic mass is 9.95. The number of methoxy groups -OCH3 is 1. The number of hydrogen-bond acceptors (Lipinski definition) is 5. The topological polar surface area (TPSA) is 84.4 Å². The van der Waals surface area contributed by atoms with Gasteiger partial charge >= 0.3 is 0 Å². The average Bonchev–Trinajstić information content (AvgIpc) is 2.73. The van der Waals surface area contributed by atoms with Gasteiger partial charge in [0, 0.05) is 37.3 Å². The van der Waals surface area contributed by atoms with Crippen LogP contribution in [0.2, 0.25) is 0 Å². The van der Waals surface area contributed by atoms with Crippen LogP contribution in [0, 0.1) is 6.92 Å². The second-order valence-corrected chi connectivity index (χ2v) is 6.92. The summed E-state index contributed by atoms with van der Waals surface area (Å²) in [6.07, 6.45) is 3.84. The smallest absolute Gasteiger partial charge is 0.259 e. The highest BCUT2D eigenvalue weighted by Gasteiger charge is 2.25. The Hall–Kier alpha value is -2.96. The molecule has 1 aromatic heterocycles. The minimum atomic E-state index is -0.238. The zero-order valence-corrected chi connectivity index (χ0v) is 16.6. The number of benzene rings is 1. The van der Waals surface area contributed by atoms with Crippen molar-refractivity contribution < 1.29 is 14.3 Å².